The van der Waals surface area contributed by atoms with E-state index in [1.165, 1.54) is 0 Å². The second-order valence-corrected chi connectivity index (χ2v) is 4.18. The molecule has 1 aromatic heterocycles. The van der Waals surface area contributed by atoms with Gasteiger partial charge in [0, 0.05) is 26.1 Å². The smallest absolute Gasteiger partial charge is 0.232 e. The fourth-order valence-corrected chi connectivity index (χ4v) is 1.80. The first-order valence-corrected chi connectivity index (χ1v) is 6.09. The summed E-state index contributed by atoms with van der Waals surface area (Å²) >= 11 is 0. The van der Waals surface area contributed by atoms with Crippen molar-refractivity contribution < 1.29 is 4.52 Å². The van der Waals surface area contributed by atoms with Crippen LogP contribution in [0.5, 0.6) is 0 Å². The molecule has 5 heteroatoms. The van der Waals surface area contributed by atoms with Gasteiger partial charge in [-0.25, -0.2) is 0 Å². The summed E-state index contributed by atoms with van der Waals surface area (Å²) in [6, 6.07) is 0. The average Bonchev–Trinajstić information content (AvgIpc) is 2.65. The van der Waals surface area contributed by atoms with Gasteiger partial charge in [-0.05, 0) is 13.1 Å². The van der Waals surface area contributed by atoms with Gasteiger partial charge in [-0.2, -0.15) is 4.98 Å². The van der Waals surface area contributed by atoms with Crippen LogP contribution in [0.2, 0.25) is 0 Å². The molecule has 0 amide bonds. The summed E-state index contributed by atoms with van der Waals surface area (Å²) in [6.45, 7) is 9.45. The van der Waals surface area contributed by atoms with Crippen molar-refractivity contribution in [2.45, 2.75) is 26.2 Å². The first kappa shape index (κ1) is 11.5. The van der Waals surface area contributed by atoms with Gasteiger partial charge in [0.15, 0.2) is 5.82 Å². The van der Waals surface area contributed by atoms with Crippen molar-refractivity contribution in [3.63, 3.8) is 0 Å². The van der Waals surface area contributed by atoms with Crippen LogP contribution in [-0.4, -0.2) is 47.8 Å². The number of nitrogens with one attached hydrogen (secondary N) is 1. The Labute approximate surface area is 96.2 Å². The summed E-state index contributed by atoms with van der Waals surface area (Å²) in [7, 11) is 0. The molecule has 2 heterocycles. The van der Waals surface area contributed by atoms with E-state index in [0.29, 0.717) is 5.92 Å². The second-order valence-electron chi connectivity index (χ2n) is 4.18. The molecule has 1 N–H and O–H groups in total. The first-order chi connectivity index (χ1) is 7.83. The van der Waals surface area contributed by atoms with Gasteiger partial charge in [0.2, 0.25) is 5.89 Å². The molecule has 0 atom stereocenters. The molecule has 1 saturated heterocycles. The molecule has 1 aliphatic heterocycles. The molecule has 0 spiro atoms. The lowest BCUT2D eigenvalue weighted by Crippen LogP contribution is -2.40. The fourth-order valence-electron chi connectivity index (χ4n) is 1.80. The van der Waals surface area contributed by atoms with Gasteiger partial charge in [0.1, 0.15) is 0 Å². The molecule has 0 saturated carbocycles. The molecule has 1 aromatic rings. The second kappa shape index (κ2) is 5.41. The van der Waals surface area contributed by atoms with Crippen molar-refractivity contribution in [1.82, 2.24) is 20.4 Å². The van der Waals surface area contributed by atoms with E-state index in [4.69, 9.17) is 4.52 Å². The van der Waals surface area contributed by atoms with E-state index in [2.05, 4.69) is 34.2 Å². The molecule has 1 aliphatic rings. The third-order valence-electron chi connectivity index (χ3n) is 3.16. The van der Waals surface area contributed by atoms with Crippen molar-refractivity contribution in [2.75, 3.05) is 32.7 Å². The minimum atomic E-state index is 0.440. The Kier molecular flexibility index (Phi) is 3.90. The number of likely N-dealkylation sites (N-methyl/N-ethyl adjacent to an activating group) is 1. The van der Waals surface area contributed by atoms with Crippen LogP contribution in [0.15, 0.2) is 4.52 Å². The third-order valence-corrected chi connectivity index (χ3v) is 3.16. The van der Waals surface area contributed by atoms with E-state index in [0.717, 1.165) is 50.9 Å². The molecular weight excluding hydrogens is 204 g/mol. The zero-order valence-corrected chi connectivity index (χ0v) is 10.1. The first-order valence-electron chi connectivity index (χ1n) is 6.09. The normalized spacial score (nSPS) is 16.7. The van der Waals surface area contributed by atoms with E-state index in [1.54, 1.807) is 0 Å². The van der Waals surface area contributed by atoms with E-state index >= 15 is 0 Å². The maximum absolute atomic E-state index is 5.25. The molecule has 0 bridgehead atoms. The largest absolute Gasteiger partial charge is 0.339 e. The lowest BCUT2D eigenvalue weighted by molar-refractivity contribution is 0.296. The molecule has 0 radical (unpaired) electrons. The highest BCUT2D eigenvalue weighted by Crippen LogP contribution is 2.17. The molecule has 16 heavy (non-hydrogen) atoms. The van der Waals surface area contributed by atoms with Gasteiger partial charge in [0.25, 0.3) is 0 Å². The Hall–Kier alpha value is -0.940. The molecule has 5 nitrogen and oxygen atoms in total. The van der Waals surface area contributed by atoms with Crippen LogP contribution in [0, 0.1) is 0 Å². The van der Waals surface area contributed by atoms with Crippen molar-refractivity contribution in [3.8, 4) is 0 Å². The molecule has 1 fully saturated rings. The van der Waals surface area contributed by atoms with E-state index in [1.807, 2.05) is 0 Å². The predicted octanol–water partition coefficient (Wildman–Crippen LogP) is 0.641. The van der Waals surface area contributed by atoms with Crippen LogP contribution in [0.25, 0.3) is 0 Å². The van der Waals surface area contributed by atoms with Crippen LogP contribution < -0.4 is 5.32 Å². The number of aromatic nitrogens is 2. The van der Waals surface area contributed by atoms with E-state index in [-0.39, 0.29) is 0 Å². The van der Waals surface area contributed by atoms with Crippen LogP contribution in [0.1, 0.15) is 31.5 Å². The summed E-state index contributed by atoms with van der Waals surface area (Å²) in [4.78, 5) is 6.79. The lowest BCUT2D eigenvalue weighted by Gasteiger charge is -2.22. The van der Waals surface area contributed by atoms with Gasteiger partial charge >= 0.3 is 0 Å². The summed E-state index contributed by atoms with van der Waals surface area (Å²) < 4.78 is 5.25. The summed E-state index contributed by atoms with van der Waals surface area (Å²) in [5, 5.41) is 7.22. The molecule has 0 unspecified atom stereocenters. The van der Waals surface area contributed by atoms with Crippen molar-refractivity contribution >= 4 is 0 Å². The highest BCUT2D eigenvalue weighted by molar-refractivity contribution is 5.01. The quantitative estimate of drug-likeness (QED) is 0.768. The van der Waals surface area contributed by atoms with Crippen LogP contribution in [-0.2, 0) is 6.42 Å². The topological polar surface area (TPSA) is 54.2 Å². The molecule has 0 aliphatic carbocycles. The number of rotatable bonds is 6. The van der Waals surface area contributed by atoms with Gasteiger partial charge in [-0.15, -0.1) is 0 Å². The monoisotopic (exact) mass is 224 g/mol. The van der Waals surface area contributed by atoms with Crippen LogP contribution in [0.4, 0.5) is 0 Å². The molecule has 90 valence electrons. The minimum Gasteiger partial charge on any atom is -0.339 e. The Balaban J connectivity index is 1.82. The minimum absolute atomic E-state index is 0.440. The lowest BCUT2D eigenvalue weighted by atomic mass is 10.0. The van der Waals surface area contributed by atoms with E-state index in [9.17, 15) is 0 Å². The Morgan fingerprint density at radius 2 is 2.12 bits per heavy atom. The van der Waals surface area contributed by atoms with Gasteiger partial charge in [-0.3, -0.25) is 0 Å². The predicted molar refractivity (Wildman–Crippen MR) is 61.4 cm³/mol. The summed E-state index contributed by atoms with van der Waals surface area (Å²) in [5.74, 6) is 2.08. The van der Waals surface area contributed by atoms with Crippen molar-refractivity contribution in [2.24, 2.45) is 0 Å². The fraction of sp³-hybridized carbons (Fsp3) is 0.818. The van der Waals surface area contributed by atoms with Crippen LogP contribution in [0.3, 0.4) is 0 Å². The highest BCUT2D eigenvalue weighted by Gasteiger charge is 2.24. The van der Waals surface area contributed by atoms with Gasteiger partial charge < -0.3 is 14.7 Å². The maximum atomic E-state index is 5.25. The number of hydrogen-bond donors (Lipinski definition) is 1. The van der Waals surface area contributed by atoms with Crippen molar-refractivity contribution in [1.29, 1.82) is 0 Å². The van der Waals surface area contributed by atoms with Gasteiger partial charge in [0.05, 0.1) is 5.92 Å². The SMILES string of the molecule is CCN(CC)CCc1noc(C2CNC2)n1. The zero-order chi connectivity index (χ0) is 11.4. The summed E-state index contributed by atoms with van der Waals surface area (Å²) in [5.41, 5.74) is 0. The van der Waals surface area contributed by atoms with Crippen LogP contribution >= 0.6 is 0 Å². The third kappa shape index (κ3) is 2.59. The van der Waals surface area contributed by atoms with Gasteiger partial charge in [-0.1, -0.05) is 19.0 Å². The average molecular weight is 224 g/mol. The summed E-state index contributed by atoms with van der Waals surface area (Å²) in [6.07, 6.45) is 0.880. The number of hydrogen-bond acceptors (Lipinski definition) is 5. The Morgan fingerprint density at radius 3 is 2.69 bits per heavy atom. The zero-order valence-electron chi connectivity index (χ0n) is 10.1. The Bertz CT molecular complexity index is 318. The number of nitrogens with zero attached hydrogens (tertiary/aromatic N) is 3. The highest BCUT2D eigenvalue weighted by atomic mass is 16.5. The molecule has 0 aromatic carbocycles. The maximum Gasteiger partial charge on any atom is 0.232 e. The van der Waals surface area contributed by atoms with Crippen molar-refractivity contribution in [3.05, 3.63) is 11.7 Å². The molecular formula is C11H20N4O. The Morgan fingerprint density at radius 1 is 1.38 bits per heavy atom. The molecule has 2 rings (SSSR count). The van der Waals surface area contributed by atoms with E-state index < -0.39 is 0 Å². The standard InChI is InChI=1S/C11H20N4O/c1-3-15(4-2)6-5-10-13-11(16-14-10)9-7-12-8-9/h9,12H,3-8H2,1-2H3.